The Bertz CT molecular complexity index is 439. The van der Waals surface area contributed by atoms with Crippen molar-refractivity contribution in [1.82, 2.24) is 5.32 Å². The van der Waals surface area contributed by atoms with Crippen molar-refractivity contribution in [2.45, 2.75) is 38.1 Å². The zero-order valence-electron chi connectivity index (χ0n) is 9.72. The second-order valence-corrected chi connectivity index (χ2v) is 6.62. The van der Waals surface area contributed by atoms with E-state index in [0.717, 1.165) is 21.8 Å². The second kappa shape index (κ2) is 5.11. The average molecular weight is 361 g/mol. The molecule has 1 saturated carbocycles. The van der Waals surface area contributed by atoms with E-state index in [2.05, 4.69) is 44.1 Å². The van der Waals surface area contributed by atoms with Crippen molar-refractivity contribution in [3.8, 4) is 0 Å². The summed E-state index contributed by atoms with van der Waals surface area (Å²) in [6.07, 6.45) is 4.56. The van der Waals surface area contributed by atoms with Gasteiger partial charge >= 0.3 is 0 Å². The highest BCUT2D eigenvalue weighted by Gasteiger charge is 2.30. The van der Waals surface area contributed by atoms with Crippen LogP contribution < -0.4 is 5.32 Å². The molecule has 0 heterocycles. The Morgan fingerprint density at radius 3 is 2.59 bits per heavy atom. The highest BCUT2D eigenvalue weighted by atomic mass is 79.9. The molecule has 1 aromatic rings. The van der Waals surface area contributed by atoms with Crippen LogP contribution in [0.2, 0.25) is 0 Å². The summed E-state index contributed by atoms with van der Waals surface area (Å²) < 4.78 is 1.75. The predicted molar refractivity (Wildman–Crippen MR) is 76.2 cm³/mol. The average Bonchev–Trinajstić information content (AvgIpc) is 2.68. The van der Waals surface area contributed by atoms with Crippen molar-refractivity contribution in [3.05, 3.63) is 32.7 Å². The van der Waals surface area contributed by atoms with Gasteiger partial charge < -0.3 is 5.32 Å². The summed E-state index contributed by atoms with van der Waals surface area (Å²) in [5.74, 6) is 0.00238. The zero-order valence-corrected chi connectivity index (χ0v) is 12.9. The van der Waals surface area contributed by atoms with E-state index < -0.39 is 0 Å². The van der Waals surface area contributed by atoms with E-state index in [1.807, 2.05) is 18.2 Å². The number of amides is 1. The molecule has 0 atom stereocenters. The molecular formula is C13H15Br2NO. The Morgan fingerprint density at radius 2 is 1.94 bits per heavy atom. The van der Waals surface area contributed by atoms with Gasteiger partial charge in [-0.05, 0) is 53.9 Å². The number of hydrogen-bond donors (Lipinski definition) is 1. The van der Waals surface area contributed by atoms with E-state index in [9.17, 15) is 4.79 Å². The van der Waals surface area contributed by atoms with Gasteiger partial charge in [-0.25, -0.2) is 0 Å². The van der Waals surface area contributed by atoms with E-state index in [0.29, 0.717) is 5.56 Å². The Labute approximate surface area is 118 Å². The van der Waals surface area contributed by atoms with E-state index in [4.69, 9.17) is 0 Å². The van der Waals surface area contributed by atoms with Crippen molar-refractivity contribution >= 4 is 37.8 Å². The summed E-state index contributed by atoms with van der Waals surface area (Å²) in [6.45, 7) is 2.13. The lowest BCUT2D eigenvalue weighted by atomic mass is 10.00. The first-order valence-electron chi connectivity index (χ1n) is 5.78. The van der Waals surface area contributed by atoms with Crippen LogP contribution in [0.3, 0.4) is 0 Å². The van der Waals surface area contributed by atoms with Gasteiger partial charge in [-0.15, -0.1) is 0 Å². The molecule has 0 bridgehead atoms. The van der Waals surface area contributed by atoms with Gasteiger partial charge in [0.05, 0.1) is 5.56 Å². The monoisotopic (exact) mass is 359 g/mol. The predicted octanol–water partition coefficient (Wildman–Crippen LogP) is 4.27. The molecule has 1 N–H and O–H groups in total. The van der Waals surface area contributed by atoms with Crippen molar-refractivity contribution in [1.29, 1.82) is 0 Å². The number of halogens is 2. The van der Waals surface area contributed by atoms with E-state index in [-0.39, 0.29) is 11.4 Å². The minimum Gasteiger partial charge on any atom is -0.347 e. The van der Waals surface area contributed by atoms with Gasteiger partial charge in [-0.1, -0.05) is 28.8 Å². The van der Waals surface area contributed by atoms with Crippen molar-refractivity contribution in [2.24, 2.45) is 0 Å². The molecule has 0 aromatic heterocycles. The first-order chi connectivity index (χ1) is 8.00. The standard InChI is InChI=1S/C13H15Br2NO/c1-13(6-2-3-7-13)16-12(17)10-8-9(14)4-5-11(10)15/h4-5,8H,2-3,6-7H2,1H3,(H,16,17). The number of carbonyl (C=O) groups is 1. The third kappa shape index (κ3) is 3.10. The van der Waals surface area contributed by atoms with Gasteiger partial charge in [0.15, 0.2) is 0 Å². The molecular weight excluding hydrogens is 346 g/mol. The Morgan fingerprint density at radius 1 is 1.29 bits per heavy atom. The van der Waals surface area contributed by atoms with Crippen LogP contribution in [0, 0.1) is 0 Å². The number of nitrogens with one attached hydrogen (secondary N) is 1. The largest absolute Gasteiger partial charge is 0.347 e. The molecule has 17 heavy (non-hydrogen) atoms. The lowest BCUT2D eigenvalue weighted by Crippen LogP contribution is -2.43. The van der Waals surface area contributed by atoms with Crippen LogP contribution in [0.5, 0.6) is 0 Å². The third-order valence-corrected chi connectivity index (χ3v) is 4.48. The molecule has 0 radical (unpaired) electrons. The molecule has 2 rings (SSSR count). The molecule has 0 spiro atoms. The molecule has 1 amide bonds. The summed E-state index contributed by atoms with van der Waals surface area (Å²) in [7, 11) is 0. The molecule has 1 aromatic carbocycles. The number of carbonyl (C=O) groups excluding carboxylic acids is 1. The fraction of sp³-hybridized carbons (Fsp3) is 0.462. The van der Waals surface area contributed by atoms with Crippen LogP contribution in [0.1, 0.15) is 43.0 Å². The molecule has 0 saturated heterocycles. The first-order valence-corrected chi connectivity index (χ1v) is 7.36. The van der Waals surface area contributed by atoms with Gasteiger partial charge in [0.25, 0.3) is 5.91 Å². The normalized spacial score (nSPS) is 18.1. The quantitative estimate of drug-likeness (QED) is 0.838. The Balaban J connectivity index is 2.17. The van der Waals surface area contributed by atoms with Gasteiger partial charge in [-0.3, -0.25) is 4.79 Å². The lowest BCUT2D eigenvalue weighted by Gasteiger charge is -2.25. The number of rotatable bonds is 2. The van der Waals surface area contributed by atoms with Crippen LogP contribution in [0.4, 0.5) is 0 Å². The molecule has 92 valence electrons. The minimum atomic E-state index is -0.0289. The molecule has 1 fully saturated rings. The summed E-state index contributed by atoms with van der Waals surface area (Å²) in [5, 5.41) is 3.15. The number of benzene rings is 1. The molecule has 0 unspecified atom stereocenters. The summed E-state index contributed by atoms with van der Waals surface area (Å²) >= 11 is 6.81. The van der Waals surface area contributed by atoms with Gasteiger partial charge in [0.2, 0.25) is 0 Å². The van der Waals surface area contributed by atoms with Gasteiger partial charge in [0.1, 0.15) is 0 Å². The summed E-state index contributed by atoms with van der Waals surface area (Å²) in [4.78, 5) is 12.2. The molecule has 1 aliphatic rings. The van der Waals surface area contributed by atoms with Crippen LogP contribution in [-0.4, -0.2) is 11.4 Å². The maximum Gasteiger partial charge on any atom is 0.252 e. The van der Waals surface area contributed by atoms with E-state index in [1.165, 1.54) is 12.8 Å². The summed E-state index contributed by atoms with van der Waals surface area (Å²) in [5.41, 5.74) is 0.659. The lowest BCUT2D eigenvalue weighted by molar-refractivity contribution is 0.0907. The highest BCUT2D eigenvalue weighted by Crippen LogP contribution is 2.30. The van der Waals surface area contributed by atoms with Crippen LogP contribution in [0.15, 0.2) is 27.1 Å². The topological polar surface area (TPSA) is 29.1 Å². The molecule has 4 heteroatoms. The molecule has 1 aliphatic carbocycles. The van der Waals surface area contributed by atoms with Crippen LogP contribution in [-0.2, 0) is 0 Å². The minimum absolute atomic E-state index is 0.00238. The Hall–Kier alpha value is -0.350. The van der Waals surface area contributed by atoms with Crippen LogP contribution in [0.25, 0.3) is 0 Å². The second-order valence-electron chi connectivity index (χ2n) is 4.85. The van der Waals surface area contributed by atoms with Gasteiger partial charge in [0, 0.05) is 14.5 Å². The summed E-state index contributed by atoms with van der Waals surface area (Å²) in [6, 6.07) is 5.64. The fourth-order valence-corrected chi connectivity index (χ4v) is 3.08. The molecule has 0 aliphatic heterocycles. The van der Waals surface area contributed by atoms with Crippen LogP contribution >= 0.6 is 31.9 Å². The van der Waals surface area contributed by atoms with E-state index in [1.54, 1.807) is 0 Å². The highest BCUT2D eigenvalue weighted by molar-refractivity contribution is 9.11. The smallest absolute Gasteiger partial charge is 0.252 e. The maximum atomic E-state index is 12.2. The van der Waals surface area contributed by atoms with E-state index >= 15 is 0 Å². The maximum absolute atomic E-state index is 12.2. The van der Waals surface area contributed by atoms with Crippen molar-refractivity contribution in [3.63, 3.8) is 0 Å². The third-order valence-electron chi connectivity index (χ3n) is 3.30. The number of hydrogen-bond acceptors (Lipinski definition) is 1. The Kier molecular flexibility index (Phi) is 3.93. The first kappa shape index (κ1) is 13.1. The van der Waals surface area contributed by atoms with Crippen molar-refractivity contribution < 1.29 is 4.79 Å². The van der Waals surface area contributed by atoms with Crippen molar-refractivity contribution in [2.75, 3.05) is 0 Å². The SMILES string of the molecule is CC1(NC(=O)c2cc(Br)ccc2Br)CCCC1. The fourth-order valence-electron chi connectivity index (χ4n) is 2.29. The molecule has 2 nitrogen and oxygen atoms in total. The zero-order chi connectivity index (χ0) is 12.5. The van der Waals surface area contributed by atoms with Gasteiger partial charge in [-0.2, -0.15) is 0 Å².